The molecule has 9 heavy (non-hydrogen) atoms. The van der Waals surface area contributed by atoms with Gasteiger partial charge in [-0.05, 0) is 12.8 Å². The molecule has 0 saturated carbocycles. The van der Waals surface area contributed by atoms with Crippen molar-refractivity contribution in [3.05, 3.63) is 0 Å². The van der Waals surface area contributed by atoms with Crippen LogP contribution in [0, 0.1) is 0 Å². The van der Waals surface area contributed by atoms with E-state index in [0.29, 0.717) is 0 Å². The standard InChI is InChI=1S/C5H11ClOS2/c1-2-3-4-5-9(7)8-6/h2-5H2,1H3. The lowest BCUT2D eigenvalue weighted by Crippen LogP contribution is -1.97. The molecule has 0 aliphatic heterocycles. The normalized spacial score (nSPS) is 13.7. The maximum atomic E-state index is 10.6. The van der Waals surface area contributed by atoms with Gasteiger partial charge >= 0.3 is 0 Å². The lowest BCUT2D eigenvalue weighted by atomic mass is 10.3. The Morgan fingerprint density at radius 1 is 1.56 bits per heavy atom. The van der Waals surface area contributed by atoms with Crippen molar-refractivity contribution in [2.75, 3.05) is 5.75 Å². The van der Waals surface area contributed by atoms with Crippen LogP contribution in [0.2, 0.25) is 0 Å². The van der Waals surface area contributed by atoms with E-state index in [2.05, 4.69) is 6.92 Å². The topological polar surface area (TPSA) is 23.1 Å². The van der Waals surface area contributed by atoms with Gasteiger partial charge in [-0.2, -0.15) is 0 Å². The van der Waals surface area contributed by atoms with Gasteiger partial charge in [-0.15, -0.1) is 0 Å². The van der Waals surface area contributed by atoms with Crippen molar-refractivity contribution in [1.29, 1.82) is 0 Å². The molecule has 0 radical (unpaired) electrons. The molecule has 0 spiro atoms. The van der Waals surface area contributed by atoms with Crippen LogP contribution in [-0.2, 0) is 10.2 Å². The molecule has 0 aromatic rings. The molecule has 0 N–H and O–H groups in total. The second-order valence-corrected chi connectivity index (χ2v) is 5.55. The Balaban J connectivity index is 2.88. The van der Waals surface area contributed by atoms with Crippen LogP contribution in [0.1, 0.15) is 26.2 Å². The smallest absolute Gasteiger partial charge is 0.200 e. The monoisotopic (exact) mass is 186 g/mol. The number of unbranched alkanes of at least 4 members (excludes halogenated alkanes) is 2. The third-order valence-electron chi connectivity index (χ3n) is 0.985. The summed E-state index contributed by atoms with van der Waals surface area (Å²) in [5.41, 5.74) is 0. The van der Waals surface area contributed by atoms with E-state index in [1.54, 1.807) is 0 Å². The molecule has 1 atom stereocenters. The Labute approximate surface area is 67.6 Å². The Morgan fingerprint density at radius 2 is 2.22 bits per heavy atom. The number of hydrogen-bond acceptors (Lipinski definition) is 2. The fraction of sp³-hybridized carbons (Fsp3) is 1.00. The molecule has 0 bridgehead atoms. The lowest BCUT2D eigenvalue weighted by Gasteiger charge is -2.01. The van der Waals surface area contributed by atoms with E-state index in [9.17, 15) is 4.55 Å². The van der Waals surface area contributed by atoms with Crippen LogP contribution in [0.15, 0.2) is 0 Å². The predicted octanol–water partition coefficient (Wildman–Crippen LogP) is 2.73. The summed E-state index contributed by atoms with van der Waals surface area (Å²) in [5, 5.41) is 0. The van der Waals surface area contributed by atoms with Crippen molar-refractivity contribution < 1.29 is 4.55 Å². The van der Waals surface area contributed by atoms with E-state index in [-0.39, 0.29) is 0 Å². The van der Waals surface area contributed by atoms with Crippen LogP contribution in [-0.4, -0.2) is 10.3 Å². The summed E-state index contributed by atoms with van der Waals surface area (Å²) in [5.74, 6) is 0.738. The Hall–Kier alpha value is 0.950. The molecule has 0 rings (SSSR count). The van der Waals surface area contributed by atoms with Gasteiger partial charge in [0.25, 0.3) is 0 Å². The van der Waals surface area contributed by atoms with Gasteiger partial charge in [0, 0.05) is 20.9 Å². The Morgan fingerprint density at radius 3 is 2.67 bits per heavy atom. The molecule has 1 nitrogen and oxygen atoms in total. The van der Waals surface area contributed by atoms with Crippen LogP contribution in [0.3, 0.4) is 0 Å². The van der Waals surface area contributed by atoms with Crippen molar-refractivity contribution in [1.82, 2.24) is 0 Å². The zero-order valence-corrected chi connectivity index (χ0v) is 7.82. The number of rotatable bonds is 5. The van der Waals surface area contributed by atoms with E-state index in [1.165, 1.54) is 6.42 Å². The molecule has 0 fully saturated rings. The number of halogens is 1. The Kier molecular flexibility index (Phi) is 7.81. The van der Waals surface area contributed by atoms with Gasteiger partial charge in [0.15, 0.2) is 0 Å². The largest absolute Gasteiger partial charge is 0.604 e. The van der Waals surface area contributed by atoms with Gasteiger partial charge in [-0.3, -0.25) is 0 Å². The van der Waals surface area contributed by atoms with Crippen molar-refractivity contribution in [2.45, 2.75) is 26.2 Å². The van der Waals surface area contributed by atoms with Crippen molar-refractivity contribution in [3.63, 3.8) is 0 Å². The predicted molar refractivity (Wildman–Crippen MR) is 46.0 cm³/mol. The second-order valence-electron chi connectivity index (χ2n) is 1.78. The van der Waals surface area contributed by atoms with E-state index >= 15 is 0 Å². The van der Waals surface area contributed by atoms with Crippen LogP contribution >= 0.6 is 20.7 Å². The molecule has 0 aromatic carbocycles. The molecule has 0 amide bonds. The molecular weight excluding hydrogens is 176 g/mol. The molecule has 0 saturated heterocycles. The second kappa shape index (κ2) is 7.06. The zero-order valence-electron chi connectivity index (χ0n) is 5.43. The summed E-state index contributed by atoms with van der Waals surface area (Å²) in [4.78, 5) is 0. The van der Waals surface area contributed by atoms with Gasteiger partial charge in [-0.1, -0.05) is 13.3 Å². The van der Waals surface area contributed by atoms with Crippen LogP contribution in [0.5, 0.6) is 0 Å². The highest BCUT2D eigenvalue weighted by Gasteiger charge is 2.03. The average Bonchev–Trinajstić information content (AvgIpc) is 1.89. The first-order valence-electron chi connectivity index (χ1n) is 2.98. The molecule has 0 aliphatic carbocycles. The third kappa shape index (κ3) is 6.84. The lowest BCUT2D eigenvalue weighted by molar-refractivity contribution is 0.604. The van der Waals surface area contributed by atoms with Gasteiger partial charge in [0.05, 0.1) is 0 Å². The molecule has 0 aliphatic rings. The maximum Gasteiger partial charge on any atom is 0.200 e. The highest BCUT2D eigenvalue weighted by molar-refractivity contribution is 8.80. The van der Waals surface area contributed by atoms with E-state index in [0.717, 1.165) is 28.6 Å². The van der Waals surface area contributed by atoms with E-state index < -0.39 is 10.2 Å². The molecule has 0 heterocycles. The van der Waals surface area contributed by atoms with Crippen molar-refractivity contribution >= 4 is 30.9 Å². The number of hydrogen-bond donors (Lipinski definition) is 0. The third-order valence-corrected chi connectivity index (χ3v) is 3.93. The van der Waals surface area contributed by atoms with Crippen LogP contribution in [0.4, 0.5) is 0 Å². The van der Waals surface area contributed by atoms with Gasteiger partial charge in [0.2, 0.25) is 10.0 Å². The zero-order chi connectivity index (χ0) is 7.11. The highest BCUT2D eigenvalue weighted by atomic mass is 35.7. The Bertz CT molecular complexity index is 62.9. The van der Waals surface area contributed by atoms with Gasteiger partial charge < -0.3 is 4.55 Å². The summed E-state index contributed by atoms with van der Waals surface area (Å²) in [7, 11) is 5.32. The first kappa shape index (κ1) is 9.95. The fourth-order valence-corrected chi connectivity index (χ4v) is 2.11. The molecule has 0 aromatic heterocycles. The molecule has 1 unspecified atom stereocenters. The van der Waals surface area contributed by atoms with Crippen LogP contribution in [0.25, 0.3) is 0 Å². The summed E-state index contributed by atoms with van der Waals surface area (Å²) in [6.45, 7) is 2.12. The van der Waals surface area contributed by atoms with E-state index in [1.807, 2.05) is 0 Å². The minimum atomic E-state index is -0.846. The van der Waals surface area contributed by atoms with Gasteiger partial charge in [0.1, 0.15) is 5.75 Å². The summed E-state index contributed by atoms with van der Waals surface area (Å²) >= 11 is 0. The SMILES string of the molecule is CCCCC[S+]([O-])SCl. The molecule has 56 valence electrons. The van der Waals surface area contributed by atoms with E-state index in [4.69, 9.17) is 10.7 Å². The summed E-state index contributed by atoms with van der Waals surface area (Å²) in [6, 6.07) is 0. The molecular formula is C5H11ClOS2. The van der Waals surface area contributed by atoms with Crippen molar-refractivity contribution in [3.8, 4) is 0 Å². The molecule has 4 heteroatoms. The van der Waals surface area contributed by atoms with Crippen LogP contribution < -0.4 is 0 Å². The first-order valence-corrected chi connectivity index (χ1v) is 6.46. The van der Waals surface area contributed by atoms with Gasteiger partial charge in [-0.25, -0.2) is 0 Å². The summed E-state index contributed by atoms with van der Waals surface area (Å²) < 4.78 is 10.6. The quantitative estimate of drug-likeness (QED) is 0.375. The fourth-order valence-electron chi connectivity index (χ4n) is 0.501. The minimum absolute atomic E-state index is 0.738. The van der Waals surface area contributed by atoms with Crippen molar-refractivity contribution in [2.24, 2.45) is 0 Å². The minimum Gasteiger partial charge on any atom is -0.604 e. The first-order chi connectivity index (χ1) is 4.31. The highest BCUT2D eigenvalue weighted by Crippen LogP contribution is 2.18. The maximum absolute atomic E-state index is 10.6. The average molecular weight is 187 g/mol. The summed E-state index contributed by atoms with van der Waals surface area (Å²) in [6.07, 6.45) is 3.36.